The van der Waals surface area contributed by atoms with Crippen LogP contribution >= 0.6 is 15.9 Å². The molecule has 0 saturated carbocycles. The van der Waals surface area contributed by atoms with Gasteiger partial charge in [0.25, 0.3) is 11.5 Å². The van der Waals surface area contributed by atoms with E-state index in [4.69, 9.17) is 4.74 Å². The van der Waals surface area contributed by atoms with Crippen LogP contribution in [0.15, 0.2) is 51.7 Å². The molecule has 1 saturated heterocycles. The SMILES string of the molecule is O=C(Nc1cc(Br)ccc1N1CCOCC1)c1n[nH]c(=O)c2ccccc12. The second-order valence-corrected chi connectivity index (χ2v) is 7.08. The number of H-pyrrole nitrogens is 1. The summed E-state index contributed by atoms with van der Waals surface area (Å²) >= 11 is 3.46. The number of anilines is 2. The molecular weight excluding hydrogens is 412 g/mol. The number of rotatable bonds is 3. The molecule has 0 radical (unpaired) electrons. The zero-order chi connectivity index (χ0) is 18.8. The van der Waals surface area contributed by atoms with Crippen LogP contribution in [0.4, 0.5) is 11.4 Å². The average Bonchev–Trinajstić information content (AvgIpc) is 2.69. The molecule has 0 spiro atoms. The summed E-state index contributed by atoms with van der Waals surface area (Å²) in [5.74, 6) is -0.380. The van der Waals surface area contributed by atoms with Gasteiger partial charge in [-0.1, -0.05) is 34.1 Å². The van der Waals surface area contributed by atoms with Crippen molar-refractivity contribution in [2.75, 3.05) is 36.5 Å². The quantitative estimate of drug-likeness (QED) is 0.669. The predicted molar refractivity (Wildman–Crippen MR) is 107 cm³/mol. The van der Waals surface area contributed by atoms with Gasteiger partial charge >= 0.3 is 0 Å². The van der Waals surface area contributed by atoms with Gasteiger partial charge in [-0.25, -0.2) is 5.10 Å². The molecule has 2 heterocycles. The van der Waals surface area contributed by atoms with Crippen molar-refractivity contribution in [3.05, 3.63) is 63.0 Å². The van der Waals surface area contributed by atoms with Gasteiger partial charge in [-0.15, -0.1) is 0 Å². The van der Waals surface area contributed by atoms with Gasteiger partial charge in [-0.05, 0) is 24.3 Å². The Balaban J connectivity index is 1.70. The van der Waals surface area contributed by atoms with Crippen molar-refractivity contribution in [2.24, 2.45) is 0 Å². The molecule has 1 aliphatic heterocycles. The van der Waals surface area contributed by atoms with E-state index in [2.05, 4.69) is 36.3 Å². The van der Waals surface area contributed by atoms with E-state index in [1.807, 2.05) is 18.2 Å². The fourth-order valence-corrected chi connectivity index (χ4v) is 3.52. The number of fused-ring (bicyclic) bond motifs is 1. The molecule has 8 heteroatoms. The first kappa shape index (κ1) is 17.7. The largest absolute Gasteiger partial charge is 0.378 e. The standard InChI is InChI=1S/C19H17BrN4O3/c20-12-5-6-16(24-7-9-27-10-8-24)15(11-12)21-19(26)17-13-3-1-2-4-14(13)18(25)23-22-17/h1-6,11H,7-10H2,(H,21,26)(H,23,25). The second-order valence-electron chi connectivity index (χ2n) is 6.16. The monoisotopic (exact) mass is 428 g/mol. The highest BCUT2D eigenvalue weighted by Crippen LogP contribution is 2.30. The van der Waals surface area contributed by atoms with Crippen molar-refractivity contribution in [1.29, 1.82) is 0 Å². The number of carbonyl (C=O) groups excluding carboxylic acids is 1. The van der Waals surface area contributed by atoms with E-state index in [9.17, 15) is 9.59 Å². The van der Waals surface area contributed by atoms with Crippen LogP contribution in [-0.4, -0.2) is 42.4 Å². The van der Waals surface area contributed by atoms with Crippen LogP contribution in [0.5, 0.6) is 0 Å². The average molecular weight is 429 g/mol. The first-order valence-corrected chi connectivity index (χ1v) is 9.34. The van der Waals surface area contributed by atoms with Gasteiger partial charge in [0.05, 0.1) is 30.0 Å². The zero-order valence-electron chi connectivity index (χ0n) is 14.4. The van der Waals surface area contributed by atoms with Gasteiger partial charge in [0.15, 0.2) is 5.69 Å². The lowest BCUT2D eigenvalue weighted by molar-refractivity contribution is 0.102. The molecule has 138 valence electrons. The van der Waals surface area contributed by atoms with E-state index in [0.717, 1.165) is 23.2 Å². The Labute approximate surface area is 163 Å². The molecule has 0 atom stereocenters. The van der Waals surface area contributed by atoms with Gasteiger partial charge in [-0.3, -0.25) is 9.59 Å². The molecule has 0 unspecified atom stereocenters. The van der Waals surface area contributed by atoms with Crippen LogP contribution in [0.1, 0.15) is 10.5 Å². The third-order valence-corrected chi connectivity index (χ3v) is 4.96. The fourth-order valence-electron chi connectivity index (χ4n) is 3.16. The van der Waals surface area contributed by atoms with Crippen LogP contribution in [0.25, 0.3) is 10.8 Å². The topological polar surface area (TPSA) is 87.3 Å². The molecule has 0 aliphatic carbocycles. The third kappa shape index (κ3) is 3.58. The minimum absolute atomic E-state index is 0.179. The summed E-state index contributed by atoms with van der Waals surface area (Å²) in [5.41, 5.74) is 1.45. The van der Waals surface area contributed by atoms with Crippen LogP contribution in [0.3, 0.4) is 0 Å². The highest BCUT2D eigenvalue weighted by atomic mass is 79.9. The van der Waals surface area contributed by atoms with Crippen LogP contribution in [0, 0.1) is 0 Å². The van der Waals surface area contributed by atoms with Crippen molar-refractivity contribution in [1.82, 2.24) is 10.2 Å². The molecule has 1 aromatic heterocycles. The van der Waals surface area contributed by atoms with Crippen molar-refractivity contribution in [3.63, 3.8) is 0 Å². The molecular formula is C19H17BrN4O3. The van der Waals surface area contributed by atoms with Gasteiger partial charge in [0.2, 0.25) is 0 Å². The molecule has 2 aromatic carbocycles. The summed E-state index contributed by atoms with van der Waals surface area (Å²) in [5, 5.41) is 10.3. The number of nitrogens with zero attached hydrogens (tertiary/aromatic N) is 2. The minimum atomic E-state index is -0.380. The van der Waals surface area contributed by atoms with Gasteiger partial charge in [0.1, 0.15) is 0 Å². The number of carbonyl (C=O) groups is 1. The maximum absolute atomic E-state index is 12.9. The number of hydrogen-bond donors (Lipinski definition) is 2. The Morgan fingerprint density at radius 2 is 1.89 bits per heavy atom. The lowest BCUT2D eigenvalue weighted by Crippen LogP contribution is -2.36. The molecule has 1 aliphatic rings. The normalized spacial score (nSPS) is 14.3. The second kappa shape index (κ2) is 7.50. The van der Waals surface area contributed by atoms with Gasteiger partial charge < -0.3 is 15.0 Å². The Morgan fingerprint density at radius 3 is 2.67 bits per heavy atom. The number of nitrogens with one attached hydrogen (secondary N) is 2. The van der Waals surface area contributed by atoms with E-state index >= 15 is 0 Å². The Kier molecular flexibility index (Phi) is 4.91. The lowest BCUT2D eigenvalue weighted by Gasteiger charge is -2.30. The Bertz CT molecular complexity index is 1060. The number of aromatic amines is 1. The molecule has 1 fully saturated rings. The van der Waals surface area contributed by atoms with Crippen LogP contribution in [-0.2, 0) is 4.74 Å². The summed E-state index contributed by atoms with van der Waals surface area (Å²) in [6.45, 7) is 2.81. The Morgan fingerprint density at radius 1 is 1.15 bits per heavy atom. The summed E-state index contributed by atoms with van der Waals surface area (Å²) in [6, 6.07) is 12.7. The lowest BCUT2D eigenvalue weighted by atomic mass is 10.1. The van der Waals surface area contributed by atoms with Gasteiger partial charge in [-0.2, -0.15) is 5.10 Å². The molecule has 27 heavy (non-hydrogen) atoms. The van der Waals surface area contributed by atoms with Crippen molar-refractivity contribution >= 4 is 44.0 Å². The molecule has 0 bridgehead atoms. The van der Waals surface area contributed by atoms with Gasteiger partial charge in [0, 0.05) is 22.9 Å². The summed E-state index contributed by atoms with van der Waals surface area (Å²) < 4.78 is 6.27. The zero-order valence-corrected chi connectivity index (χ0v) is 16.0. The predicted octanol–water partition coefficient (Wildman–Crippen LogP) is 2.77. The maximum atomic E-state index is 12.9. The van der Waals surface area contributed by atoms with Crippen LogP contribution in [0.2, 0.25) is 0 Å². The first-order valence-electron chi connectivity index (χ1n) is 8.54. The summed E-state index contributed by atoms with van der Waals surface area (Å²) in [7, 11) is 0. The third-order valence-electron chi connectivity index (χ3n) is 4.47. The minimum Gasteiger partial charge on any atom is -0.378 e. The Hall–Kier alpha value is -2.71. The molecule has 3 aromatic rings. The molecule has 7 nitrogen and oxygen atoms in total. The van der Waals surface area contributed by atoms with E-state index in [0.29, 0.717) is 29.7 Å². The summed E-state index contributed by atoms with van der Waals surface area (Å²) in [4.78, 5) is 27.0. The highest BCUT2D eigenvalue weighted by molar-refractivity contribution is 9.10. The number of ether oxygens (including phenoxy) is 1. The maximum Gasteiger partial charge on any atom is 0.276 e. The molecule has 2 N–H and O–H groups in total. The van der Waals surface area contributed by atoms with E-state index in [-0.39, 0.29) is 17.2 Å². The van der Waals surface area contributed by atoms with Crippen molar-refractivity contribution in [3.8, 4) is 0 Å². The molecule has 4 rings (SSSR count). The molecule has 1 amide bonds. The number of morpholine rings is 1. The summed E-state index contributed by atoms with van der Waals surface area (Å²) in [6.07, 6.45) is 0. The first-order chi connectivity index (χ1) is 13.1. The number of amides is 1. The van der Waals surface area contributed by atoms with E-state index in [1.165, 1.54) is 0 Å². The number of aromatic nitrogens is 2. The van der Waals surface area contributed by atoms with E-state index < -0.39 is 0 Å². The van der Waals surface area contributed by atoms with Crippen molar-refractivity contribution < 1.29 is 9.53 Å². The number of benzene rings is 2. The van der Waals surface area contributed by atoms with Crippen LogP contribution < -0.4 is 15.8 Å². The van der Waals surface area contributed by atoms with Crippen molar-refractivity contribution in [2.45, 2.75) is 0 Å². The smallest absolute Gasteiger partial charge is 0.276 e. The van der Waals surface area contributed by atoms with E-state index in [1.54, 1.807) is 24.3 Å². The number of halogens is 1. The number of hydrogen-bond acceptors (Lipinski definition) is 5. The highest BCUT2D eigenvalue weighted by Gasteiger charge is 2.19. The fraction of sp³-hybridized carbons (Fsp3) is 0.211.